The Bertz CT molecular complexity index is 1030. The molecule has 0 saturated heterocycles. The number of halogens is 2. The molecule has 0 bridgehead atoms. The van der Waals surface area contributed by atoms with E-state index >= 15 is 0 Å². The van der Waals surface area contributed by atoms with Crippen molar-refractivity contribution in [1.82, 2.24) is 15.1 Å². The Kier molecular flexibility index (Phi) is 5.93. The first-order valence-corrected chi connectivity index (χ1v) is 10.7. The zero-order valence-electron chi connectivity index (χ0n) is 16.3. The molecule has 0 spiro atoms. The van der Waals surface area contributed by atoms with Gasteiger partial charge >= 0.3 is 0 Å². The first-order valence-electron chi connectivity index (χ1n) is 9.96. The van der Waals surface area contributed by atoms with E-state index in [0.717, 1.165) is 42.5 Å². The molecule has 4 rings (SSSR count). The summed E-state index contributed by atoms with van der Waals surface area (Å²) < 4.78 is 1.75. The third-order valence-corrected chi connectivity index (χ3v) is 6.00. The van der Waals surface area contributed by atoms with Crippen LogP contribution in [0.5, 0.6) is 0 Å². The van der Waals surface area contributed by atoms with Crippen LogP contribution in [-0.4, -0.2) is 21.7 Å². The summed E-state index contributed by atoms with van der Waals surface area (Å²) in [6, 6.07) is 15.4. The van der Waals surface area contributed by atoms with Gasteiger partial charge in [-0.05, 0) is 38.0 Å². The van der Waals surface area contributed by atoms with Crippen molar-refractivity contribution in [2.45, 2.75) is 45.1 Å². The number of rotatable bonds is 4. The summed E-state index contributed by atoms with van der Waals surface area (Å²) >= 11 is 12.6. The molecular formula is C23H25Cl2N3O. The number of amides is 1. The molecule has 3 aromatic rings. The average molecular weight is 430 g/mol. The summed E-state index contributed by atoms with van der Waals surface area (Å²) in [6.45, 7) is 1.94. The highest BCUT2D eigenvalue weighted by Gasteiger charge is 2.25. The van der Waals surface area contributed by atoms with E-state index in [-0.39, 0.29) is 13.4 Å². The molecule has 2 aromatic carbocycles. The maximum atomic E-state index is 13.1. The third kappa shape index (κ3) is 4.19. The van der Waals surface area contributed by atoms with Gasteiger partial charge in [-0.3, -0.25) is 4.79 Å². The highest BCUT2D eigenvalue weighted by atomic mass is 35.5. The molecule has 1 aliphatic carbocycles. The van der Waals surface area contributed by atoms with Crippen molar-refractivity contribution >= 4 is 29.1 Å². The predicted octanol–water partition coefficient (Wildman–Crippen LogP) is 6.46. The fourth-order valence-electron chi connectivity index (χ4n) is 3.97. The van der Waals surface area contributed by atoms with Gasteiger partial charge in [-0.1, -0.05) is 72.8 Å². The molecule has 4 nitrogen and oxygen atoms in total. The van der Waals surface area contributed by atoms with Gasteiger partial charge in [0.15, 0.2) is 5.69 Å². The van der Waals surface area contributed by atoms with E-state index in [4.69, 9.17) is 23.2 Å². The van der Waals surface area contributed by atoms with E-state index in [2.05, 4.69) is 10.4 Å². The van der Waals surface area contributed by atoms with Crippen molar-refractivity contribution in [2.24, 2.45) is 0 Å². The van der Waals surface area contributed by atoms with Gasteiger partial charge < -0.3 is 5.32 Å². The summed E-state index contributed by atoms with van der Waals surface area (Å²) in [4.78, 5) is 13.1. The van der Waals surface area contributed by atoms with E-state index in [9.17, 15) is 4.79 Å². The number of hydrogen-bond donors (Lipinski definition) is 1. The second kappa shape index (κ2) is 8.60. The van der Waals surface area contributed by atoms with Gasteiger partial charge in [0.25, 0.3) is 5.91 Å². The van der Waals surface area contributed by atoms with Crippen LogP contribution in [0.1, 0.15) is 49.6 Å². The maximum Gasteiger partial charge on any atom is 0.272 e. The molecule has 0 unspecified atom stereocenters. The minimum Gasteiger partial charge on any atom is -0.348 e. The number of carbonyl (C=O) groups is 1. The highest BCUT2D eigenvalue weighted by molar-refractivity contribution is 6.35. The Balaban J connectivity index is 0.00000256. The first kappa shape index (κ1) is 20.0. The Labute approximate surface area is 182 Å². The summed E-state index contributed by atoms with van der Waals surface area (Å²) in [7, 11) is 0. The second-order valence-electron chi connectivity index (χ2n) is 7.50. The fourth-order valence-corrected chi connectivity index (χ4v) is 4.46. The molecule has 0 radical (unpaired) electrons. The largest absolute Gasteiger partial charge is 0.348 e. The van der Waals surface area contributed by atoms with Crippen LogP contribution in [-0.2, 0) is 0 Å². The number of hydrogen-bond acceptors (Lipinski definition) is 2. The van der Waals surface area contributed by atoms with Crippen molar-refractivity contribution < 1.29 is 6.22 Å². The zero-order valence-corrected chi connectivity index (χ0v) is 17.8. The van der Waals surface area contributed by atoms with Gasteiger partial charge in [0.1, 0.15) is 0 Å². The van der Waals surface area contributed by atoms with Gasteiger partial charge in [0, 0.05) is 23.6 Å². The van der Waals surface area contributed by atoms with Crippen molar-refractivity contribution in [3.05, 3.63) is 69.8 Å². The lowest BCUT2D eigenvalue weighted by atomic mass is 9.95. The van der Waals surface area contributed by atoms with Crippen molar-refractivity contribution in [2.75, 3.05) is 0 Å². The second-order valence-corrected chi connectivity index (χ2v) is 8.35. The highest BCUT2D eigenvalue weighted by Crippen LogP contribution is 2.32. The molecule has 6 heteroatoms. The van der Waals surface area contributed by atoms with E-state index in [1.54, 1.807) is 16.8 Å². The Morgan fingerprint density at radius 3 is 2.52 bits per heavy atom. The molecule has 0 aliphatic heterocycles. The van der Waals surface area contributed by atoms with Crippen molar-refractivity contribution in [1.29, 1.82) is 0 Å². The van der Waals surface area contributed by atoms with Gasteiger partial charge in [0.05, 0.1) is 16.4 Å². The molecule has 1 aliphatic rings. The number of carbonyl (C=O) groups excluding carboxylic acids is 1. The number of aromatic nitrogens is 2. The fraction of sp³-hybridized carbons (Fsp3) is 0.304. The molecular weight excluding hydrogens is 405 g/mol. The lowest BCUT2D eigenvalue weighted by Gasteiger charge is -2.22. The standard InChI is InChI=1S/C23H23Cl2N3O.H2/c1-15-21(23(29)26-18-10-6-3-7-11-18)27-28(20-13-12-17(24)14-19(20)25)22(15)16-8-4-2-5-9-16;/h2,4-5,8-9,12-14,18H,3,6-7,10-11H2,1H3,(H,26,29);1H. The maximum absolute atomic E-state index is 13.1. The SMILES string of the molecule is Cc1c(C(=O)NC2CCCCC2)nn(-c2ccc(Cl)cc2Cl)c1-c1ccccc1.[HH]. The number of benzene rings is 2. The van der Waals surface area contributed by atoms with Gasteiger partial charge in [-0.2, -0.15) is 5.10 Å². The average Bonchev–Trinajstić information content (AvgIpc) is 3.06. The van der Waals surface area contributed by atoms with E-state index in [1.165, 1.54) is 6.42 Å². The van der Waals surface area contributed by atoms with Crippen LogP contribution in [0.15, 0.2) is 48.5 Å². The number of nitrogens with zero attached hydrogens (tertiary/aromatic N) is 2. The molecule has 1 amide bonds. The van der Waals surface area contributed by atoms with Crippen LogP contribution in [0.3, 0.4) is 0 Å². The van der Waals surface area contributed by atoms with Crippen LogP contribution in [0.4, 0.5) is 0 Å². The smallest absolute Gasteiger partial charge is 0.272 e. The lowest BCUT2D eigenvalue weighted by Crippen LogP contribution is -2.36. The normalized spacial score (nSPS) is 14.7. The first-order chi connectivity index (χ1) is 14.0. The van der Waals surface area contributed by atoms with Crippen LogP contribution in [0.25, 0.3) is 16.9 Å². The quantitative estimate of drug-likeness (QED) is 0.516. The van der Waals surface area contributed by atoms with Gasteiger partial charge in [0.2, 0.25) is 0 Å². The summed E-state index contributed by atoms with van der Waals surface area (Å²) in [5.41, 5.74) is 3.77. The Hall–Kier alpha value is -2.30. The monoisotopic (exact) mass is 429 g/mol. The van der Waals surface area contributed by atoms with Crippen LogP contribution >= 0.6 is 23.2 Å². The van der Waals surface area contributed by atoms with Crippen molar-refractivity contribution in [3.8, 4) is 16.9 Å². The summed E-state index contributed by atoms with van der Waals surface area (Å²) in [6.07, 6.45) is 5.62. The van der Waals surface area contributed by atoms with E-state index in [1.807, 2.05) is 43.3 Å². The van der Waals surface area contributed by atoms with E-state index < -0.39 is 0 Å². The van der Waals surface area contributed by atoms with Crippen molar-refractivity contribution in [3.63, 3.8) is 0 Å². The third-order valence-electron chi connectivity index (χ3n) is 5.46. The van der Waals surface area contributed by atoms with Crippen LogP contribution in [0, 0.1) is 6.92 Å². The molecule has 29 heavy (non-hydrogen) atoms. The molecule has 1 saturated carbocycles. The van der Waals surface area contributed by atoms with Crippen LogP contribution < -0.4 is 5.32 Å². The molecule has 1 aromatic heterocycles. The summed E-state index contributed by atoms with van der Waals surface area (Å²) in [5, 5.41) is 8.90. The minimum absolute atomic E-state index is 0. The topological polar surface area (TPSA) is 46.9 Å². The van der Waals surface area contributed by atoms with Gasteiger partial charge in [-0.15, -0.1) is 0 Å². The molecule has 1 heterocycles. The molecule has 1 fully saturated rings. The summed E-state index contributed by atoms with van der Waals surface area (Å²) in [5.74, 6) is -0.129. The predicted molar refractivity (Wildman–Crippen MR) is 120 cm³/mol. The van der Waals surface area contributed by atoms with Crippen LogP contribution in [0.2, 0.25) is 10.0 Å². The molecule has 1 N–H and O–H groups in total. The Morgan fingerprint density at radius 1 is 1.10 bits per heavy atom. The lowest BCUT2D eigenvalue weighted by molar-refractivity contribution is 0.0921. The zero-order chi connectivity index (χ0) is 20.4. The minimum atomic E-state index is -0.129. The van der Waals surface area contributed by atoms with E-state index in [0.29, 0.717) is 21.4 Å². The number of nitrogens with one attached hydrogen (secondary N) is 1. The Morgan fingerprint density at radius 2 is 1.83 bits per heavy atom. The van der Waals surface area contributed by atoms with Gasteiger partial charge in [-0.25, -0.2) is 4.68 Å². The molecule has 0 atom stereocenters. The molecule has 152 valence electrons.